The molecule has 1 aliphatic rings. The van der Waals surface area contributed by atoms with Gasteiger partial charge in [0, 0.05) is 17.7 Å². The van der Waals surface area contributed by atoms with Crippen LogP contribution in [0, 0.1) is 0 Å². The lowest BCUT2D eigenvalue weighted by Crippen LogP contribution is -2.34. The number of fused-ring (bicyclic) bond motifs is 2. The van der Waals surface area contributed by atoms with E-state index < -0.39 is 10.1 Å². The van der Waals surface area contributed by atoms with Crippen LogP contribution in [0.2, 0.25) is 0 Å². The Hall–Kier alpha value is -3.80. The molecule has 0 fully saturated rings. The van der Waals surface area contributed by atoms with Crippen LogP contribution in [0.1, 0.15) is 16.7 Å². The van der Waals surface area contributed by atoms with Gasteiger partial charge in [-0.25, -0.2) is 0 Å². The van der Waals surface area contributed by atoms with Gasteiger partial charge in [-0.3, -0.25) is 4.55 Å². The van der Waals surface area contributed by atoms with E-state index >= 15 is 0 Å². The zero-order chi connectivity index (χ0) is 29.2. The Bertz CT molecular complexity index is 1620. The van der Waals surface area contributed by atoms with Crippen molar-refractivity contribution in [1.29, 1.82) is 0 Å². The second-order valence-corrected chi connectivity index (χ2v) is 11.0. The summed E-state index contributed by atoms with van der Waals surface area (Å²) in [7, 11) is -4.22. The predicted octanol–water partition coefficient (Wildman–Crippen LogP) is 4.41. The van der Waals surface area contributed by atoms with Gasteiger partial charge in [0.25, 0.3) is 10.1 Å². The number of pyridine rings is 1. The van der Waals surface area contributed by atoms with Crippen LogP contribution in [-0.4, -0.2) is 65.8 Å². The van der Waals surface area contributed by atoms with Crippen molar-refractivity contribution in [2.75, 3.05) is 52.9 Å². The fourth-order valence-electron chi connectivity index (χ4n) is 4.56. The van der Waals surface area contributed by atoms with Crippen molar-refractivity contribution < 1.29 is 41.2 Å². The molecule has 0 saturated heterocycles. The van der Waals surface area contributed by atoms with Gasteiger partial charge < -0.3 is 23.7 Å². The lowest BCUT2D eigenvalue weighted by Gasteiger charge is -2.13. The Balaban J connectivity index is 1.34. The number of nitrogens with zero attached hydrogens (tertiary/aromatic N) is 1. The highest BCUT2D eigenvalue weighted by Gasteiger charge is 2.14. The summed E-state index contributed by atoms with van der Waals surface area (Å²) in [6.45, 7) is 4.29. The van der Waals surface area contributed by atoms with Crippen LogP contribution in [0.5, 0.6) is 11.5 Å². The molecule has 0 saturated carbocycles. The van der Waals surface area contributed by atoms with Crippen LogP contribution >= 0.6 is 0 Å². The summed E-state index contributed by atoms with van der Waals surface area (Å²) in [5, 5.41) is 1.07. The molecule has 0 bridgehead atoms. The highest BCUT2D eigenvalue weighted by molar-refractivity contribution is 7.85. The van der Waals surface area contributed by atoms with Gasteiger partial charge >= 0.3 is 0 Å². The second kappa shape index (κ2) is 14.4. The Labute approximate surface area is 245 Å². The standard InChI is InChI=1S/C32H33NO8S/c34-42(35,36)28-10-6-26(7-11-28)24-33-14-13-27(29-3-1-2-4-30(29)33)9-5-25-8-12-31-32(23-25)41-22-20-39-18-16-37-15-17-38-19-21-40-31/h1-14,23H,15-22,24H2/p+1/b9-5+. The molecule has 1 aliphatic heterocycles. The normalized spacial score (nSPS) is 15.7. The molecular formula is C32H34NO8S+. The maximum atomic E-state index is 11.4. The van der Waals surface area contributed by atoms with Gasteiger partial charge in [-0.05, 0) is 41.5 Å². The highest BCUT2D eigenvalue weighted by atomic mass is 32.2. The van der Waals surface area contributed by atoms with Crippen molar-refractivity contribution in [3.8, 4) is 11.5 Å². The molecule has 9 nitrogen and oxygen atoms in total. The summed E-state index contributed by atoms with van der Waals surface area (Å²) in [4.78, 5) is -0.123. The van der Waals surface area contributed by atoms with E-state index in [1.54, 1.807) is 12.1 Å². The number of benzene rings is 3. The maximum Gasteiger partial charge on any atom is 0.294 e. The van der Waals surface area contributed by atoms with Crippen molar-refractivity contribution in [3.05, 3.63) is 95.7 Å². The molecule has 0 aliphatic carbocycles. The van der Waals surface area contributed by atoms with Crippen LogP contribution in [0.15, 0.2) is 83.9 Å². The number of hydrogen-bond donors (Lipinski definition) is 1. The van der Waals surface area contributed by atoms with E-state index in [4.69, 9.17) is 23.7 Å². The number of ether oxygens (including phenoxy) is 5. The molecule has 0 radical (unpaired) electrons. The van der Waals surface area contributed by atoms with E-state index in [9.17, 15) is 13.0 Å². The molecule has 0 atom stereocenters. The van der Waals surface area contributed by atoms with Gasteiger partial charge in [0.1, 0.15) is 13.2 Å². The van der Waals surface area contributed by atoms with Gasteiger partial charge in [-0.1, -0.05) is 42.5 Å². The number of hydrogen-bond acceptors (Lipinski definition) is 7. The van der Waals surface area contributed by atoms with Crippen molar-refractivity contribution in [3.63, 3.8) is 0 Å². The molecule has 220 valence electrons. The van der Waals surface area contributed by atoms with Crippen LogP contribution in [0.3, 0.4) is 0 Å². The molecule has 4 aromatic rings. The minimum Gasteiger partial charge on any atom is -0.487 e. The van der Waals surface area contributed by atoms with E-state index in [0.717, 1.165) is 27.6 Å². The Morgan fingerprint density at radius 3 is 2.05 bits per heavy atom. The molecular weight excluding hydrogens is 558 g/mol. The lowest BCUT2D eigenvalue weighted by atomic mass is 10.1. The molecule has 3 aromatic carbocycles. The largest absolute Gasteiger partial charge is 0.487 e. The van der Waals surface area contributed by atoms with E-state index in [1.165, 1.54) is 12.1 Å². The van der Waals surface area contributed by atoms with Crippen LogP contribution in [0.25, 0.3) is 23.1 Å². The van der Waals surface area contributed by atoms with E-state index in [-0.39, 0.29) is 4.90 Å². The number of para-hydroxylation sites is 1. The first-order chi connectivity index (χ1) is 20.5. The van der Waals surface area contributed by atoms with Crippen LogP contribution in [-0.2, 0) is 30.9 Å². The molecule has 0 amide bonds. The monoisotopic (exact) mass is 592 g/mol. The fraction of sp³-hybridized carbons (Fsp3) is 0.281. The van der Waals surface area contributed by atoms with Gasteiger partial charge in [0.15, 0.2) is 24.2 Å². The van der Waals surface area contributed by atoms with Crippen molar-refractivity contribution >= 4 is 33.2 Å². The summed E-state index contributed by atoms with van der Waals surface area (Å²) < 4.78 is 62.6. The predicted molar refractivity (Wildman–Crippen MR) is 158 cm³/mol. The first-order valence-corrected chi connectivity index (χ1v) is 15.2. The number of rotatable bonds is 5. The van der Waals surface area contributed by atoms with E-state index in [0.29, 0.717) is 70.9 Å². The summed E-state index contributed by atoms with van der Waals surface area (Å²) in [5.41, 5.74) is 3.95. The third-order valence-electron chi connectivity index (χ3n) is 6.67. The Morgan fingerprint density at radius 1 is 0.714 bits per heavy atom. The Kier molecular flexibility index (Phi) is 10.2. The van der Waals surface area contributed by atoms with Gasteiger partial charge in [-0.2, -0.15) is 13.0 Å². The third kappa shape index (κ3) is 8.15. The first kappa shape index (κ1) is 29.7. The molecule has 1 N–H and O–H groups in total. The first-order valence-electron chi connectivity index (χ1n) is 13.8. The molecule has 0 unspecified atom stereocenters. The average Bonchev–Trinajstić information content (AvgIpc) is 3.00. The smallest absolute Gasteiger partial charge is 0.294 e. The third-order valence-corrected chi connectivity index (χ3v) is 7.54. The average molecular weight is 593 g/mol. The van der Waals surface area contributed by atoms with Crippen molar-refractivity contribution in [2.45, 2.75) is 11.4 Å². The quantitative estimate of drug-likeness (QED) is 0.269. The van der Waals surface area contributed by atoms with Crippen LogP contribution < -0.4 is 14.0 Å². The topological polar surface area (TPSA) is 104 Å². The second-order valence-electron chi connectivity index (χ2n) is 9.61. The van der Waals surface area contributed by atoms with Crippen molar-refractivity contribution in [2.24, 2.45) is 0 Å². The van der Waals surface area contributed by atoms with Gasteiger partial charge in [0.2, 0.25) is 5.52 Å². The molecule has 10 heteroatoms. The minimum atomic E-state index is -4.22. The molecule has 42 heavy (non-hydrogen) atoms. The summed E-state index contributed by atoms with van der Waals surface area (Å²) in [6.07, 6.45) is 6.12. The molecule has 2 heterocycles. The molecule has 1 aromatic heterocycles. The molecule has 5 rings (SSSR count). The van der Waals surface area contributed by atoms with Gasteiger partial charge in [-0.15, -0.1) is 0 Å². The summed E-state index contributed by atoms with van der Waals surface area (Å²) >= 11 is 0. The molecule has 0 spiro atoms. The van der Waals surface area contributed by atoms with Gasteiger partial charge in [0.05, 0.1) is 49.9 Å². The fourth-order valence-corrected chi connectivity index (χ4v) is 5.04. The zero-order valence-corrected chi connectivity index (χ0v) is 24.0. The lowest BCUT2D eigenvalue weighted by molar-refractivity contribution is -0.662. The Morgan fingerprint density at radius 2 is 1.36 bits per heavy atom. The number of aromatic nitrogens is 1. The van der Waals surface area contributed by atoms with Crippen molar-refractivity contribution in [1.82, 2.24) is 0 Å². The SMILES string of the molecule is O=S(=O)(O)c1ccc(C[n+]2ccc(/C=C/c3ccc4c(c3)OCCOCCOCCOCCO4)c3ccccc32)cc1. The van der Waals surface area contributed by atoms with Crippen LogP contribution in [0.4, 0.5) is 0 Å². The summed E-state index contributed by atoms with van der Waals surface area (Å²) in [6, 6.07) is 22.2. The maximum absolute atomic E-state index is 11.4. The summed E-state index contributed by atoms with van der Waals surface area (Å²) in [5.74, 6) is 1.29. The van der Waals surface area contributed by atoms with E-state index in [1.807, 2.05) is 48.7 Å². The van der Waals surface area contributed by atoms with E-state index in [2.05, 4.69) is 22.8 Å². The highest BCUT2D eigenvalue weighted by Crippen LogP contribution is 2.30. The zero-order valence-electron chi connectivity index (χ0n) is 23.2. The minimum absolute atomic E-state index is 0.123.